The lowest BCUT2D eigenvalue weighted by atomic mass is 10.2. The molecule has 0 aliphatic carbocycles. The third-order valence-corrected chi connectivity index (χ3v) is 5.54. The van der Waals surface area contributed by atoms with Gasteiger partial charge in [-0.15, -0.1) is 9.93 Å². The second-order valence-electron chi connectivity index (χ2n) is 2.46. The van der Waals surface area contributed by atoms with Crippen LogP contribution in [0.3, 0.4) is 0 Å². The van der Waals surface area contributed by atoms with Gasteiger partial charge in [-0.05, 0) is 23.1 Å². The molecule has 2 nitrogen and oxygen atoms in total. The fourth-order valence-corrected chi connectivity index (χ4v) is 4.21. The summed E-state index contributed by atoms with van der Waals surface area (Å²) in [6, 6.07) is 7.61. The van der Waals surface area contributed by atoms with E-state index in [9.17, 15) is 8.42 Å². The number of fused-ring (bicyclic) bond motifs is 1. The summed E-state index contributed by atoms with van der Waals surface area (Å²) >= 11 is 0. The van der Waals surface area contributed by atoms with Crippen molar-refractivity contribution in [2.45, 2.75) is 4.90 Å². The van der Waals surface area contributed by atoms with Gasteiger partial charge in [0.2, 0.25) is 0 Å². The summed E-state index contributed by atoms with van der Waals surface area (Å²) in [6.45, 7) is 0. The van der Waals surface area contributed by atoms with Crippen molar-refractivity contribution in [2.75, 3.05) is 0 Å². The number of thiol groups is 2. The Kier molecular flexibility index (Phi) is 1.94. The highest BCUT2D eigenvalue weighted by molar-refractivity contribution is 8.75. The van der Waals surface area contributed by atoms with Crippen molar-refractivity contribution in [3.05, 3.63) is 35.2 Å². The van der Waals surface area contributed by atoms with Crippen LogP contribution in [-0.2, 0) is 9.74 Å². The molecule has 64 valence electrons. The molecule has 0 N–H and O–H groups in total. The minimum Gasteiger partial charge on any atom is -0.222 e. The largest absolute Gasteiger partial charge is 0.222 e. The normalized spacial score (nSPS) is 22.9. The first-order valence-corrected chi connectivity index (χ1v) is 6.79. The molecule has 12 heavy (non-hydrogen) atoms. The molecule has 1 atom stereocenters. The van der Waals surface area contributed by atoms with Crippen LogP contribution in [-0.4, -0.2) is 8.42 Å². The fourth-order valence-electron chi connectivity index (χ4n) is 1.21. The van der Waals surface area contributed by atoms with Gasteiger partial charge in [0.05, 0.1) is 0 Å². The Morgan fingerprint density at radius 2 is 1.92 bits per heavy atom. The van der Waals surface area contributed by atoms with Crippen molar-refractivity contribution < 1.29 is 8.42 Å². The minimum absolute atomic E-state index is 0.962. The number of hydrogen-bond donors (Lipinski definition) is 2. The molecule has 0 aromatic heterocycles. The fraction of sp³-hybridized carbons (Fsp3) is 0. The zero-order valence-electron chi connectivity index (χ0n) is 6.18. The lowest BCUT2D eigenvalue weighted by Gasteiger charge is -2.05. The Morgan fingerprint density at radius 1 is 1.17 bits per heavy atom. The van der Waals surface area contributed by atoms with E-state index in [2.05, 4.69) is 0 Å². The van der Waals surface area contributed by atoms with Crippen LogP contribution in [0.4, 0.5) is 0 Å². The Morgan fingerprint density at radius 3 is 2.67 bits per heavy atom. The van der Waals surface area contributed by atoms with Crippen molar-refractivity contribution in [2.24, 2.45) is 0 Å². The monoisotopic (exact) mass is 200 g/mol. The van der Waals surface area contributed by atoms with Crippen LogP contribution in [0.5, 0.6) is 0 Å². The summed E-state index contributed by atoms with van der Waals surface area (Å²) in [5.41, 5.74) is 1.04. The number of rotatable bonds is 1. The van der Waals surface area contributed by atoms with Crippen LogP contribution in [0, 0.1) is 0 Å². The van der Waals surface area contributed by atoms with Crippen molar-refractivity contribution in [3.8, 4) is 0 Å². The van der Waals surface area contributed by atoms with Crippen molar-refractivity contribution >= 4 is 25.7 Å². The Labute approximate surface area is 74.6 Å². The first kappa shape index (κ1) is 7.89. The van der Waals surface area contributed by atoms with Gasteiger partial charge in [-0.25, -0.2) is 8.42 Å². The SMILES string of the molecule is O=[SH](=O)[SH]1C=Cc2ccccc21. The summed E-state index contributed by atoms with van der Waals surface area (Å²) in [6.07, 6.45) is 1.88. The predicted molar refractivity (Wildman–Crippen MR) is 53.0 cm³/mol. The first-order valence-electron chi connectivity index (χ1n) is 3.50. The van der Waals surface area contributed by atoms with Crippen LogP contribution >= 0.6 is 9.93 Å². The van der Waals surface area contributed by atoms with Crippen LogP contribution in [0.25, 0.3) is 6.08 Å². The summed E-state index contributed by atoms with van der Waals surface area (Å²) in [5, 5.41) is 1.78. The van der Waals surface area contributed by atoms with Gasteiger partial charge in [0.1, 0.15) is 0 Å². The lowest BCUT2D eigenvalue weighted by molar-refractivity contribution is 0.626. The topological polar surface area (TPSA) is 34.1 Å². The molecule has 0 fully saturated rings. The summed E-state index contributed by atoms with van der Waals surface area (Å²) in [7, 11) is -3.36. The average molecular weight is 200 g/mol. The van der Waals surface area contributed by atoms with Gasteiger partial charge < -0.3 is 0 Å². The van der Waals surface area contributed by atoms with Crippen LogP contribution in [0.2, 0.25) is 0 Å². The molecular formula is C8H8O2S2. The number of hydrogen-bond acceptors (Lipinski definition) is 2. The second kappa shape index (κ2) is 2.95. The quantitative estimate of drug-likeness (QED) is 0.533. The van der Waals surface area contributed by atoms with Crippen LogP contribution in [0.15, 0.2) is 34.6 Å². The van der Waals surface area contributed by atoms with Gasteiger partial charge in [-0.2, -0.15) is 0 Å². The van der Waals surface area contributed by atoms with E-state index in [1.165, 1.54) is 0 Å². The molecule has 1 heterocycles. The smallest absolute Gasteiger partial charge is 0.179 e. The van der Waals surface area contributed by atoms with Gasteiger partial charge in [-0.1, -0.05) is 18.2 Å². The van der Waals surface area contributed by atoms with E-state index in [-0.39, 0.29) is 0 Å². The molecule has 1 aromatic carbocycles. The molecule has 1 unspecified atom stereocenters. The molecule has 2 rings (SSSR count). The first-order chi connectivity index (χ1) is 5.79. The second-order valence-corrected chi connectivity index (χ2v) is 6.67. The molecule has 4 heteroatoms. The Balaban J connectivity index is 2.56. The van der Waals surface area contributed by atoms with Crippen LogP contribution < -0.4 is 0 Å². The highest BCUT2D eigenvalue weighted by Gasteiger charge is 2.14. The van der Waals surface area contributed by atoms with E-state index in [4.69, 9.17) is 0 Å². The van der Waals surface area contributed by atoms with Gasteiger partial charge in [-0.3, -0.25) is 0 Å². The molecule has 0 spiro atoms. The highest BCUT2D eigenvalue weighted by Crippen LogP contribution is 2.46. The van der Waals surface area contributed by atoms with E-state index in [0.717, 1.165) is 10.5 Å². The van der Waals surface area contributed by atoms with Gasteiger partial charge in [0.25, 0.3) is 0 Å². The molecule has 1 aliphatic heterocycles. The van der Waals surface area contributed by atoms with Gasteiger partial charge in [0.15, 0.2) is 9.74 Å². The zero-order chi connectivity index (χ0) is 8.55. The maximum atomic E-state index is 10.8. The Hall–Kier alpha value is -0.740. The summed E-state index contributed by atoms with van der Waals surface area (Å²) < 4.78 is 21.6. The molecule has 1 aromatic rings. The molecule has 0 saturated carbocycles. The Bertz CT molecular complexity index is 399. The maximum absolute atomic E-state index is 10.8. The van der Waals surface area contributed by atoms with E-state index >= 15 is 0 Å². The average Bonchev–Trinajstić information content (AvgIpc) is 2.47. The van der Waals surface area contributed by atoms with E-state index in [0.29, 0.717) is 0 Å². The van der Waals surface area contributed by atoms with E-state index in [1.807, 2.05) is 30.3 Å². The summed E-state index contributed by atoms with van der Waals surface area (Å²) in [4.78, 5) is 0.962. The highest BCUT2D eigenvalue weighted by atomic mass is 33.1. The molecule has 0 bridgehead atoms. The van der Waals surface area contributed by atoms with Gasteiger partial charge >= 0.3 is 0 Å². The lowest BCUT2D eigenvalue weighted by Crippen LogP contribution is -1.79. The molecular weight excluding hydrogens is 192 g/mol. The van der Waals surface area contributed by atoms with Gasteiger partial charge in [0, 0.05) is 4.90 Å². The third kappa shape index (κ3) is 1.17. The van der Waals surface area contributed by atoms with Crippen molar-refractivity contribution in [1.82, 2.24) is 0 Å². The van der Waals surface area contributed by atoms with Crippen molar-refractivity contribution in [1.29, 1.82) is 0 Å². The van der Waals surface area contributed by atoms with Crippen LogP contribution in [0.1, 0.15) is 5.56 Å². The third-order valence-electron chi connectivity index (χ3n) is 1.75. The maximum Gasteiger partial charge on any atom is 0.179 e. The predicted octanol–water partition coefficient (Wildman–Crippen LogP) is 1.56. The van der Waals surface area contributed by atoms with Crippen molar-refractivity contribution in [3.63, 3.8) is 0 Å². The summed E-state index contributed by atoms with van der Waals surface area (Å²) in [5.74, 6) is 0. The molecule has 1 aliphatic rings. The standard InChI is InChI=1S/C8H8O2S2/c9-12(10)11-6-5-7-3-1-2-4-8(7)11/h1-6,11-12H. The number of benzene rings is 1. The molecule has 0 radical (unpaired) electrons. The van der Waals surface area contributed by atoms with E-state index in [1.54, 1.807) is 5.41 Å². The minimum atomic E-state index is -2.31. The van der Waals surface area contributed by atoms with E-state index < -0.39 is 19.7 Å². The molecule has 0 saturated heterocycles. The zero-order valence-corrected chi connectivity index (χ0v) is 7.96. The molecule has 0 amide bonds.